The first-order chi connectivity index (χ1) is 20.2. The molecule has 2 saturated heterocycles. The number of ether oxygens (including phenoxy) is 1. The molecule has 11 heteroatoms. The predicted molar refractivity (Wildman–Crippen MR) is 172 cm³/mol. The number of benzene rings is 2. The summed E-state index contributed by atoms with van der Waals surface area (Å²) in [4.78, 5) is 15.8. The summed E-state index contributed by atoms with van der Waals surface area (Å²) in [6.07, 6.45) is 7.53. The third-order valence-corrected chi connectivity index (χ3v) is 10.5. The monoisotopic (exact) mass is 624 g/mol. The van der Waals surface area contributed by atoms with Crippen molar-refractivity contribution in [3.63, 3.8) is 0 Å². The van der Waals surface area contributed by atoms with Gasteiger partial charge in [-0.05, 0) is 50.6 Å². The molecule has 0 saturated carbocycles. The summed E-state index contributed by atoms with van der Waals surface area (Å²) >= 11 is 6.85. The SMILES string of the molecule is CCCCCCN1C(=O)/C(=C/c2cn(-c3ccccc3)nc2-c2cccc(S(=O)(=O)N3CC(C)OC(C)C3)c2)SC1=S. The molecule has 222 valence electrons. The minimum Gasteiger partial charge on any atom is -0.373 e. The second-order valence-electron chi connectivity index (χ2n) is 10.7. The summed E-state index contributed by atoms with van der Waals surface area (Å²) in [5, 5.41) is 4.86. The highest BCUT2D eigenvalue weighted by Gasteiger charge is 2.34. The molecule has 2 aliphatic rings. The van der Waals surface area contributed by atoms with E-state index in [0.717, 1.165) is 31.4 Å². The highest BCUT2D eigenvalue weighted by atomic mass is 32.2. The molecule has 1 aromatic heterocycles. The first-order valence-corrected chi connectivity index (χ1v) is 17.0. The van der Waals surface area contributed by atoms with Gasteiger partial charge in [-0.15, -0.1) is 0 Å². The Balaban J connectivity index is 1.51. The van der Waals surface area contributed by atoms with Crippen molar-refractivity contribution in [1.82, 2.24) is 19.0 Å². The maximum atomic E-state index is 13.7. The smallest absolute Gasteiger partial charge is 0.266 e. The molecule has 0 N–H and O–H groups in total. The average molecular weight is 625 g/mol. The van der Waals surface area contributed by atoms with Crippen molar-refractivity contribution in [3.05, 3.63) is 71.3 Å². The van der Waals surface area contributed by atoms with Gasteiger partial charge in [-0.2, -0.15) is 9.40 Å². The van der Waals surface area contributed by atoms with Crippen molar-refractivity contribution >= 4 is 50.3 Å². The van der Waals surface area contributed by atoms with Gasteiger partial charge in [0.25, 0.3) is 5.91 Å². The summed E-state index contributed by atoms with van der Waals surface area (Å²) in [6, 6.07) is 16.5. The number of unbranched alkanes of at least 4 members (excludes halogenated alkanes) is 3. The highest BCUT2D eigenvalue weighted by molar-refractivity contribution is 8.26. The Bertz CT molecular complexity index is 1580. The number of thioether (sulfide) groups is 1. The second-order valence-corrected chi connectivity index (χ2v) is 14.3. The first-order valence-electron chi connectivity index (χ1n) is 14.3. The zero-order valence-electron chi connectivity index (χ0n) is 24.1. The van der Waals surface area contributed by atoms with Crippen molar-refractivity contribution in [2.75, 3.05) is 19.6 Å². The predicted octanol–water partition coefficient (Wildman–Crippen LogP) is 6.12. The number of sulfonamides is 1. The largest absolute Gasteiger partial charge is 0.373 e. The molecule has 42 heavy (non-hydrogen) atoms. The van der Waals surface area contributed by atoms with Crippen molar-refractivity contribution in [2.24, 2.45) is 0 Å². The molecule has 0 bridgehead atoms. The van der Waals surface area contributed by atoms with Crippen LogP contribution in [0.3, 0.4) is 0 Å². The Hall–Kier alpha value is -2.83. The lowest BCUT2D eigenvalue weighted by atomic mass is 10.1. The van der Waals surface area contributed by atoms with Crippen LogP contribution >= 0.6 is 24.0 Å². The normalized spacial score (nSPS) is 21.0. The number of carbonyl (C=O) groups is 1. The van der Waals surface area contributed by atoms with Gasteiger partial charge in [0.2, 0.25) is 10.0 Å². The van der Waals surface area contributed by atoms with Gasteiger partial charge in [-0.25, -0.2) is 13.1 Å². The number of aromatic nitrogens is 2. The van der Waals surface area contributed by atoms with Crippen molar-refractivity contribution in [2.45, 2.75) is 63.6 Å². The molecule has 2 aromatic carbocycles. The molecule has 0 aliphatic carbocycles. The van der Waals surface area contributed by atoms with Crippen LogP contribution in [0.15, 0.2) is 70.6 Å². The Kier molecular flexibility index (Phi) is 9.64. The zero-order valence-corrected chi connectivity index (χ0v) is 26.6. The standard InChI is InChI=1S/C31H36N4O4S3/c1-4-5-6-10-16-34-30(36)28(41-31(34)40)18-25-21-35(26-13-8-7-9-14-26)32-29(25)24-12-11-15-27(17-24)42(37,38)33-19-22(2)39-23(3)20-33/h7-9,11-15,17-18,21-23H,4-6,10,16,19-20H2,1-3H3/b28-18-. The van der Waals surface area contributed by atoms with Crippen LogP contribution in [0, 0.1) is 0 Å². The Morgan fingerprint density at radius 3 is 2.50 bits per heavy atom. The summed E-state index contributed by atoms with van der Waals surface area (Å²) in [5.41, 5.74) is 2.77. The molecule has 3 aromatic rings. The molecule has 8 nitrogen and oxygen atoms in total. The van der Waals surface area contributed by atoms with Crippen molar-refractivity contribution in [1.29, 1.82) is 0 Å². The number of nitrogens with zero attached hydrogens (tertiary/aromatic N) is 4. The molecule has 2 aliphatic heterocycles. The van der Waals surface area contributed by atoms with E-state index in [1.54, 1.807) is 27.8 Å². The first kappa shape index (κ1) is 30.6. The minimum absolute atomic E-state index is 0.105. The van der Waals surface area contributed by atoms with Crippen LogP contribution in [-0.2, 0) is 19.6 Å². The lowest BCUT2D eigenvalue weighted by molar-refractivity contribution is -0.122. The molecule has 5 rings (SSSR count). The maximum absolute atomic E-state index is 13.7. The fraction of sp³-hybridized carbons (Fsp3) is 0.387. The molecule has 3 heterocycles. The van der Waals surface area contributed by atoms with Gasteiger partial charge in [-0.1, -0.05) is 80.5 Å². The zero-order chi connectivity index (χ0) is 29.9. The van der Waals surface area contributed by atoms with E-state index in [2.05, 4.69) is 6.92 Å². The van der Waals surface area contributed by atoms with Gasteiger partial charge in [0.1, 0.15) is 10.0 Å². The van der Waals surface area contributed by atoms with Gasteiger partial charge in [0.05, 0.1) is 27.7 Å². The van der Waals surface area contributed by atoms with Gasteiger partial charge in [0.15, 0.2) is 0 Å². The second kappa shape index (κ2) is 13.2. The summed E-state index contributed by atoms with van der Waals surface area (Å²) in [5.74, 6) is -0.105. The van der Waals surface area contributed by atoms with Crippen LogP contribution in [0.2, 0.25) is 0 Å². The third-order valence-electron chi connectivity index (χ3n) is 7.29. The van der Waals surface area contributed by atoms with Crippen LogP contribution in [0.5, 0.6) is 0 Å². The van der Waals surface area contributed by atoms with Gasteiger partial charge < -0.3 is 4.74 Å². The molecule has 2 unspecified atom stereocenters. The van der Waals surface area contributed by atoms with E-state index in [9.17, 15) is 13.2 Å². The summed E-state index contributed by atoms with van der Waals surface area (Å²) < 4.78 is 36.9. The number of hydrogen-bond donors (Lipinski definition) is 0. The lowest BCUT2D eigenvalue weighted by Gasteiger charge is -2.34. The fourth-order valence-corrected chi connectivity index (χ4v) is 8.18. The number of hydrogen-bond acceptors (Lipinski definition) is 7. The van der Waals surface area contributed by atoms with Crippen LogP contribution < -0.4 is 0 Å². The third kappa shape index (κ3) is 6.70. The van der Waals surface area contributed by atoms with Crippen LogP contribution in [0.4, 0.5) is 0 Å². The van der Waals surface area contributed by atoms with Gasteiger partial charge in [0, 0.05) is 37.0 Å². The van der Waals surface area contributed by atoms with Crippen LogP contribution in [0.1, 0.15) is 52.0 Å². The molecule has 0 spiro atoms. The molecule has 1 amide bonds. The van der Waals surface area contributed by atoms with E-state index in [1.165, 1.54) is 16.1 Å². The number of para-hydroxylation sites is 1. The maximum Gasteiger partial charge on any atom is 0.266 e. The van der Waals surface area contributed by atoms with Crippen molar-refractivity contribution < 1.29 is 17.9 Å². The van der Waals surface area contributed by atoms with E-state index in [0.29, 0.717) is 45.7 Å². The average Bonchev–Trinajstić information content (AvgIpc) is 3.51. The molecule has 2 atom stereocenters. The number of amides is 1. The Labute approximate surface area is 257 Å². The van der Waals surface area contributed by atoms with Gasteiger partial charge >= 0.3 is 0 Å². The van der Waals surface area contributed by atoms with Crippen LogP contribution in [0.25, 0.3) is 23.0 Å². The molecular formula is C31H36N4O4S3. The topological polar surface area (TPSA) is 84.7 Å². The molecule has 2 fully saturated rings. The van der Waals surface area contributed by atoms with Gasteiger partial charge in [-0.3, -0.25) is 9.69 Å². The van der Waals surface area contributed by atoms with E-state index in [4.69, 9.17) is 22.1 Å². The van der Waals surface area contributed by atoms with E-state index in [-0.39, 0.29) is 23.0 Å². The summed E-state index contributed by atoms with van der Waals surface area (Å²) in [7, 11) is -3.75. The Morgan fingerprint density at radius 1 is 1.05 bits per heavy atom. The highest BCUT2D eigenvalue weighted by Crippen LogP contribution is 2.36. The fourth-order valence-electron chi connectivity index (χ4n) is 5.24. The van der Waals surface area contributed by atoms with E-state index < -0.39 is 10.0 Å². The van der Waals surface area contributed by atoms with E-state index in [1.807, 2.05) is 62.5 Å². The molecular weight excluding hydrogens is 589 g/mol. The number of rotatable bonds is 10. The summed E-state index contributed by atoms with van der Waals surface area (Å²) in [6.45, 7) is 7.12. The Morgan fingerprint density at radius 2 is 1.79 bits per heavy atom. The van der Waals surface area contributed by atoms with Crippen molar-refractivity contribution in [3.8, 4) is 16.9 Å². The molecule has 0 radical (unpaired) electrons. The quantitative estimate of drug-likeness (QED) is 0.153. The number of thiocarbonyl (C=S) groups is 1. The minimum atomic E-state index is -3.75. The van der Waals surface area contributed by atoms with E-state index >= 15 is 0 Å². The number of carbonyl (C=O) groups excluding carboxylic acids is 1. The number of morpholine rings is 1. The lowest BCUT2D eigenvalue weighted by Crippen LogP contribution is -2.48. The van der Waals surface area contributed by atoms with Crippen LogP contribution in [-0.4, -0.2) is 69.5 Å².